The smallest absolute Gasteiger partial charge is 0.226 e. The number of hydrogen-bond acceptors (Lipinski definition) is 2. The van der Waals surface area contributed by atoms with Gasteiger partial charge in [0, 0.05) is 17.5 Å². The highest BCUT2D eigenvalue weighted by atomic mass is 16.2. The Morgan fingerprint density at radius 1 is 1.17 bits per heavy atom. The topological polar surface area (TPSA) is 55.1 Å². The number of fused-ring (bicyclic) bond motifs is 2. The molecule has 102 valence electrons. The first-order chi connectivity index (χ1) is 8.58. The van der Waals surface area contributed by atoms with Crippen LogP contribution < -0.4 is 11.1 Å². The van der Waals surface area contributed by atoms with Crippen molar-refractivity contribution in [2.75, 3.05) is 0 Å². The van der Waals surface area contributed by atoms with Crippen molar-refractivity contribution >= 4 is 5.91 Å². The minimum absolute atomic E-state index is 0.0616. The molecule has 0 radical (unpaired) electrons. The summed E-state index contributed by atoms with van der Waals surface area (Å²) in [4.78, 5) is 12.4. The van der Waals surface area contributed by atoms with E-state index in [4.69, 9.17) is 5.73 Å². The lowest BCUT2D eigenvalue weighted by molar-refractivity contribution is -0.137. The summed E-state index contributed by atoms with van der Waals surface area (Å²) < 4.78 is 0. The molecule has 3 nitrogen and oxygen atoms in total. The number of carbonyl (C=O) groups excluding carboxylic acids is 1. The maximum Gasteiger partial charge on any atom is 0.226 e. The van der Waals surface area contributed by atoms with Crippen molar-refractivity contribution in [1.29, 1.82) is 0 Å². The molecule has 2 bridgehead atoms. The molecule has 3 heteroatoms. The van der Waals surface area contributed by atoms with Crippen LogP contribution in [0, 0.1) is 17.3 Å². The molecule has 3 fully saturated rings. The van der Waals surface area contributed by atoms with Gasteiger partial charge < -0.3 is 11.1 Å². The third kappa shape index (κ3) is 2.07. The lowest BCUT2D eigenvalue weighted by Gasteiger charge is -2.47. The van der Waals surface area contributed by atoms with Gasteiger partial charge in [0.05, 0.1) is 0 Å². The highest BCUT2D eigenvalue weighted by molar-refractivity contribution is 5.83. The molecule has 0 heterocycles. The van der Waals surface area contributed by atoms with Crippen LogP contribution in [0.15, 0.2) is 0 Å². The average molecular weight is 250 g/mol. The molecule has 3 N–H and O–H groups in total. The van der Waals surface area contributed by atoms with Gasteiger partial charge in [-0.2, -0.15) is 0 Å². The summed E-state index contributed by atoms with van der Waals surface area (Å²) in [5, 5.41) is 3.39. The van der Waals surface area contributed by atoms with Crippen molar-refractivity contribution in [3.8, 4) is 0 Å². The van der Waals surface area contributed by atoms with Crippen LogP contribution in [0.3, 0.4) is 0 Å². The molecular weight excluding hydrogens is 224 g/mol. The largest absolute Gasteiger partial charge is 0.352 e. The second-order valence-corrected chi connectivity index (χ2v) is 7.10. The van der Waals surface area contributed by atoms with E-state index in [1.807, 2.05) is 0 Å². The number of nitrogens with one attached hydrogen (secondary N) is 1. The summed E-state index contributed by atoms with van der Waals surface area (Å²) in [7, 11) is 0. The second kappa shape index (κ2) is 4.52. The number of amides is 1. The van der Waals surface area contributed by atoms with Gasteiger partial charge in [-0.1, -0.05) is 19.8 Å². The van der Waals surface area contributed by atoms with Gasteiger partial charge in [0.15, 0.2) is 0 Å². The molecular formula is C15H26N2O. The molecule has 3 rings (SSSR count). The summed E-state index contributed by atoms with van der Waals surface area (Å²) in [6.07, 6.45) is 9.41. The minimum Gasteiger partial charge on any atom is -0.352 e. The van der Waals surface area contributed by atoms with Crippen LogP contribution in [-0.4, -0.2) is 18.0 Å². The van der Waals surface area contributed by atoms with Crippen molar-refractivity contribution in [3.63, 3.8) is 0 Å². The molecule has 3 saturated carbocycles. The highest BCUT2D eigenvalue weighted by Crippen LogP contribution is 2.43. The third-order valence-electron chi connectivity index (χ3n) is 5.68. The number of hydrogen-bond donors (Lipinski definition) is 2. The van der Waals surface area contributed by atoms with E-state index in [9.17, 15) is 4.79 Å². The maximum atomic E-state index is 12.4. The van der Waals surface area contributed by atoms with E-state index in [0.717, 1.165) is 25.7 Å². The molecule has 3 aliphatic carbocycles. The standard InChI is InChI=1S/C15H26N2O/c1-15(6-3-7-15)14(18)17-13-10-4-2-5-11(13)9-12(16)8-10/h10-13H,2-9,16H2,1H3,(H,17,18). The van der Waals surface area contributed by atoms with Crippen LogP contribution in [0.1, 0.15) is 58.3 Å². The van der Waals surface area contributed by atoms with Gasteiger partial charge in [-0.15, -0.1) is 0 Å². The molecule has 0 spiro atoms. The van der Waals surface area contributed by atoms with Crippen LogP contribution >= 0.6 is 0 Å². The zero-order valence-corrected chi connectivity index (χ0v) is 11.5. The van der Waals surface area contributed by atoms with Gasteiger partial charge in [-0.25, -0.2) is 0 Å². The van der Waals surface area contributed by atoms with Crippen LogP contribution in [0.2, 0.25) is 0 Å². The Bertz CT molecular complexity index is 323. The summed E-state index contributed by atoms with van der Waals surface area (Å²) in [5.74, 6) is 1.59. The quantitative estimate of drug-likeness (QED) is 0.789. The van der Waals surface area contributed by atoms with Crippen LogP contribution in [0.5, 0.6) is 0 Å². The molecule has 3 aliphatic rings. The molecule has 0 aliphatic heterocycles. The van der Waals surface area contributed by atoms with Crippen LogP contribution in [0.25, 0.3) is 0 Å². The summed E-state index contributed by atoms with van der Waals surface area (Å²) in [6, 6.07) is 0.788. The van der Waals surface area contributed by atoms with Gasteiger partial charge in [0.2, 0.25) is 5.91 Å². The first-order valence-corrected chi connectivity index (χ1v) is 7.65. The lowest BCUT2D eigenvalue weighted by atomic mass is 9.65. The number of rotatable bonds is 2. The van der Waals surface area contributed by atoms with E-state index in [1.54, 1.807) is 0 Å². The fraction of sp³-hybridized carbons (Fsp3) is 0.933. The Hall–Kier alpha value is -0.570. The van der Waals surface area contributed by atoms with E-state index in [0.29, 0.717) is 29.8 Å². The van der Waals surface area contributed by atoms with Gasteiger partial charge in [-0.3, -0.25) is 4.79 Å². The summed E-state index contributed by atoms with van der Waals surface area (Å²) >= 11 is 0. The van der Waals surface area contributed by atoms with Crippen molar-refractivity contribution in [1.82, 2.24) is 5.32 Å². The Balaban J connectivity index is 1.66. The lowest BCUT2D eigenvalue weighted by Crippen LogP contribution is -2.57. The van der Waals surface area contributed by atoms with Crippen molar-refractivity contribution < 1.29 is 4.79 Å². The molecule has 0 aromatic rings. The molecule has 2 atom stereocenters. The van der Waals surface area contributed by atoms with E-state index >= 15 is 0 Å². The Labute approximate surface area is 110 Å². The van der Waals surface area contributed by atoms with E-state index in [-0.39, 0.29) is 5.41 Å². The Morgan fingerprint density at radius 3 is 2.28 bits per heavy atom. The monoisotopic (exact) mass is 250 g/mol. The number of carbonyl (C=O) groups is 1. The third-order valence-corrected chi connectivity index (χ3v) is 5.68. The zero-order chi connectivity index (χ0) is 12.8. The highest BCUT2D eigenvalue weighted by Gasteiger charge is 2.44. The Kier molecular flexibility index (Phi) is 3.13. The SMILES string of the molecule is CC1(C(=O)NC2C3CCCC2CC(N)C3)CCC1. The molecule has 2 unspecified atom stereocenters. The summed E-state index contributed by atoms with van der Waals surface area (Å²) in [6.45, 7) is 2.12. The molecule has 0 saturated heterocycles. The summed E-state index contributed by atoms with van der Waals surface area (Å²) in [5.41, 5.74) is 6.07. The first-order valence-electron chi connectivity index (χ1n) is 7.65. The van der Waals surface area contributed by atoms with Crippen molar-refractivity contribution in [2.45, 2.75) is 70.4 Å². The van der Waals surface area contributed by atoms with Gasteiger partial charge >= 0.3 is 0 Å². The molecule has 18 heavy (non-hydrogen) atoms. The van der Waals surface area contributed by atoms with Crippen LogP contribution in [0.4, 0.5) is 0 Å². The minimum atomic E-state index is -0.0616. The average Bonchev–Trinajstić information content (AvgIpc) is 2.27. The van der Waals surface area contributed by atoms with Crippen molar-refractivity contribution in [2.24, 2.45) is 23.0 Å². The van der Waals surface area contributed by atoms with Gasteiger partial charge in [-0.05, 0) is 50.4 Å². The predicted molar refractivity (Wildman–Crippen MR) is 71.9 cm³/mol. The molecule has 0 aromatic heterocycles. The Morgan fingerprint density at radius 2 is 1.78 bits per heavy atom. The maximum absolute atomic E-state index is 12.4. The zero-order valence-electron chi connectivity index (χ0n) is 11.5. The van der Waals surface area contributed by atoms with Crippen molar-refractivity contribution in [3.05, 3.63) is 0 Å². The number of nitrogens with two attached hydrogens (primary N) is 1. The molecule has 1 amide bonds. The van der Waals surface area contributed by atoms with Gasteiger partial charge in [0.25, 0.3) is 0 Å². The van der Waals surface area contributed by atoms with Crippen LogP contribution in [-0.2, 0) is 4.79 Å². The van der Waals surface area contributed by atoms with E-state index in [2.05, 4.69) is 12.2 Å². The first kappa shape index (κ1) is 12.5. The van der Waals surface area contributed by atoms with E-state index in [1.165, 1.54) is 25.7 Å². The van der Waals surface area contributed by atoms with E-state index < -0.39 is 0 Å². The fourth-order valence-corrected chi connectivity index (χ4v) is 4.28. The second-order valence-electron chi connectivity index (χ2n) is 7.10. The normalized spacial score (nSPS) is 41.9. The molecule has 0 aromatic carbocycles. The predicted octanol–water partition coefficient (Wildman–Crippen LogP) is 2.20. The fourth-order valence-electron chi connectivity index (χ4n) is 4.28. The van der Waals surface area contributed by atoms with Gasteiger partial charge in [0.1, 0.15) is 0 Å².